The third-order valence-electron chi connectivity index (χ3n) is 3.75. The fourth-order valence-corrected chi connectivity index (χ4v) is 2.82. The molecular formula is C12H16N4O. The first kappa shape index (κ1) is 10.5. The normalized spacial score (nSPS) is 27.2. The van der Waals surface area contributed by atoms with Crippen LogP contribution < -0.4 is 16.0 Å². The van der Waals surface area contributed by atoms with E-state index < -0.39 is 5.91 Å². The molecule has 1 aromatic heterocycles. The summed E-state index contributed by atoms with van der Waals surface area (Å²) in [6, 6.07) is 3.73. The topological polar surface area (TPSA) is 71.2 Å². The van der Waals surface area contributed by atoms with Crippen molar-refractivity contribution in [1.29, 1.82) is 0 Å². The molecule has 3 rings (SSSR count). The first-order chi connectivity index (χ1) is 8.24. The van der Waals surface area contributed by atoms with Gasteiger partial charge in [0.25, 0.3) is 5.91 Å². The zero-order valence-corrected chi connectivity index (χ0v) is 9.60. The molecule has 5 nitrogen and oxygen atoms in total. The molecule has 1 amide bonds. The lowest BCUT2D eigenvalue weighted by Crippen LogP contribution is -2.26. The zero-order valence-electron chi connectivity index (χ0n) is 9.60. The number of nitrogens with two attached hydrogens (primary N) is 1. The molecule has 0 spiro atoms. The van der Waals surface area contributed by atoms with E-state index in [0.717, 1.165) is 43.7 Å². The van der Waals surface area contributed by atoms with Gasteiger partial charge in [0.15, 0.2) is 0 Å². The number of pyridine rings is 1. The predicted molar refractivity (Wildman–Crippen MR) is 64.8 cm³/mol. The minimum absolute atomic E-state index is 0.345. The summed E-state index contributed by atoms with van der Waals surface area (Å²) in [6.45, 7) is 4.32. The number of rotatable bonds is 2. The smallest absolute Gasteiger partial charge is 0.267 e. The molecule has 0 radical (unpaired) electrons. The van der Waals surface area contributed by atoms with Crippen LogP contribution in [0.2, 0.25) is 0 Å². The van der Waals surface area contributed by atoms with Gasteiger partial charge in [0, 0.05) is 38.1 Å². The second kappa shape index (κ2) is 4.00. The summed E-state index contributed by atoms with van der Waals surface area (Å²) in [7, 11) is 0. The van der Waals surface area contributed by atoms with Crippen molar-refractivity contribution in [3.63, 3.8) is 0 Å². The summed E-state index contributed by atoms with van der Waals surface area (Å²) in [5, 5.41) is 3.41. The number of nitrogens with one attached hydrogen (secondary N) is 1. The Bertz CT molecular complexity index is 436. The van der Waals surface area contributed by atoms with Crippen molar-refractivity contribution in [2.45, 2.75) is 0 Å². The Morgan fingerprint density at radius 3 is 2.76 bits per heavy atom. The van der Waals surface area contributed by atoms with Crippen LogP contribution in [-0.4, -0.2) is 37.1 Å². The van der Waals surface area contributed by atoms with Crippen molar-refractivity contribution in [1.82, 2.24) is 10.3 Å². The van der Waals surface area contributed by atoms with E-state index in [-0.39, 0.29) is 0 Å². The average molecular weight is 232 g/mol. The molecule has 90 valence electrons. The van der Waals surface area contributed by atoms with Gasteiger partial charge in [0.2, 0.25) is 0 Å². The molecule has 0 bridgehead atoms. The van der Waals surface area contributed by atoms with E-state index in [1.54, 1.807) is 12.3 Å². The fraction of sp³-hybridized carbons (Fsp3) is 0.500. The molecule has 17 heavy (non-hydrogen) atoms. The third kappa shape index (κ3) is 1.86. The molecule has 1 aromatic rings. The number of fused-ring (bicyclic) bond motifs is 1. The molecule has 3 N–H and O–H groups in total. The van der Waals surface area contributed by atoms with Crippen LogP contribution in [-0.2, 0) is 0 Å². The minimum atomic E-state index is -0.465. The largest absolute Gasteiger partial charge is 0.371 e. The van der Waals surface area contributed by atoms with Crippen molar-refractivity contribution in [3.8, 4) is 0 Å². The van der Waals surface area contributed by atoms with Gasteiger partial charge in [-0.15, -0.1) is 0 Å². The van der Waals surface area contributed by atoms with Crippen LogP contribution in [0.4, 0.5) is 5.69 Å². The van der Waals surface area contributed by atoms with Gasteiger partial charge in [-0.05, 0) is 24.0 Å². The molecule has 2 fully saturated rings. The number of hydrogen-bond donors (Lipinski definition) is 2. The molecule has 0 aliphatic carbocycles. The second-order valence-electron chi connectivity index (χ2n) is 4.85. The Morgan fingerprint density at radius 1 is 1.41 bits per heavy atom. The van der Waals surface area contributed by atoms with Gasteiger partial charge in [0.05, 0.1) is 0 Å². The Kier molecular flexibility index (Phi) is 2.48. The molecule has 2 saturated heterocycles. The van der Waals surface area contributed by atoms with Crippen molar-refractivity contribution < 1.29 is 4.79 Å². The first-order valence-corrected chi connectivity index (χ1v) is 5.95. The van der Waals surface area contributed by atoms with Crippen LogP contribution >= 0.6 is 0 Å². The fourth-order valence-electron chi connectivity index (χ4n) is 2.82. The number of primary amides is 1. The highest BCUT2D eigenvalue weighted by atomic mass is 16.1. The van der Waals surface area contributed by atoms with Crippen molar-refractivity contribution in [2.75, 3.05) is 31.1 Å². The summed E-state index contributed by atoms with van der Waals surface area (Å²) in [6.07, 6.45) is 1.65. The molecule has 2 aliphatic heterocycles. The zero-order chi connectivity index (χ0) is 11.8. The average Bonchev–Trinajstić information content (AvgIpc) is 2.89. The van der Waals surface area contributed by atoms with E-state index >= 15 is 0 Å². The van der Waals surface area contributed by atoms with Gasteiger partial charge < -0.3 is 16.0 Å². The molecule has 5 heteroatoms. The van der Waals surface area contributed by atoms with Crippen LogP contribution in [0.5, 0.6) is 0 Å². The number of hydrogen-bond acceptors (Lipinski definition) is 4. The van der Waals surface area contributed by atoms with E-state index in [4.69, 9.17) is 5.73 Å². The minimum Gasteiger partial charge on any atom is -0.371 e. The molecule has 2 aliphatic rings. The lowest BCUT2D eigenvalue weighted by molar-refractivity contribution is 0.0995. The van der Waals surface area contributed by atoms with Crippen molar-refractivity contribution in [2.24, 2.45) is 17.6 Å². The highest BCUT2D eigenvalue weighted by molar-refractivity contribution is 5.91. The second-order valence-corrected chi connectivity index (χ2v) is 4.85. The van der Waals surface area contributed by atoms with Crippen molar-refractivity contribution in [3.05, 3.63) is 24.0 Å². The molecule has 0 unspecified atom stereocenters. The molecular weight excluding hydrogens is 216 g/mol. The van der Waals surface area contributed by atoms with E-state index in [0.29, 0.717) is 5.69 Å². The number of carbonyl (C=O) groups excluding carboxylic acids is 1. The van der Waals surface area contributed by atoms with E-state index in [1.807, 2.05) is 6.07 Å². The Hall–Kier alpha value is -1.62. The van der Waals surface area contributed by atoms with Crippen LogP contribution in [0.25, 0.3) is 0 Å². The molecule has 3 heterocycles. The van der Waals surface area contributed by atoms with Crippen LogP contribution in [0.15, 0.2) is 18.3 Å². The number of carbonyl (C=O) groups is 1. The van der Waals surface area contributed by atoms with Crippen molar-refractivity contribution >= 4 is 11.6 Å². The van der Waals surface area contributed by atoms with Crippen LogP contribution in [0.3, 0.4) is 0 Å². The van der Waals surface area contributed by atoms with Gasteiger partial charge in [-0.2, -0.15) is 0 Å². The first-order valence-electron chi connectivity index (χ1n) is 5.95. The lowest BCUT2D eigenvalue weighted by atomic mass is 10.0. The van der Waals surface area contributed by atoms with Crippen LogP contribution in [0.1, 0.15) is 10.5 Å². The SMILES string of the molecule is NC(=O)c1cc(N2C[C@H]3CNC[C@H]3C2)ccn1. The Labute approximate surface area is 100 Å². The quantitative estimate of drug-likeness (QED) is 0.743. The van der Waals surface area contributed by atoms with Gasteiger partial charge in [-0.25, -0.2) is 0 Å². The summed E-state index contributed by atoms with van der Waals surface area (Å²) in [5.41, 5.74) is 6.65. The summed E-state index contributed by atoms with van der Waals surface area (Å²) in [4.78, 5) is 17.4. The number of nitrogens with zero attached hydrogens (tertiary/aromatic N) is 2. The summed E-state index contributed by atoms with van der Waals surface area (Å²) in [5.74, 6) is 1.01. The number of aromatic nitrogens is 1. The van der Waals surface area contributed by atoms with Crippen LogP contribution in [0, 0.1) is 11.8 Å². The standard InChI is InChI=1S/C12H16N4O/c13-12(17)11-3-10(1-2-15-11)16-6-8-4-14-5-9(8)7-16/h1-3,8-9,14H,4-7H2,(H2,13,17)/t8-,9+. The van der Waals surface area contributed by atoms with Gasteiger partial charge in [0.1, 0.15) is 5.69 Å². The number of anilines is 1. The van der Waals surface area contributed by atoms with Gasteiger partial charge in [-0.3, -0.25) is 9.78 Å². The monoisotopic (exact) mass is 232 g/mol. The van der Waals surface area contributed by atoms with E-state index in [9.17, 15) is 4.79 Å². The van der Waals surface area contributed by atoms with E-state index in [2.05, 4.69) is 15.2 Å². The maximum atomic E-state index is 11.1. The summed E-state index contributed by atoms with van der Waals surface area (Å²) >= 11 is 0. The molecule has 0 aromatic carbocycles. The van der Waals surface area contributed by atoms with Gasteiger partial charge >= 0.3 is 0 Å². The number of amides is 1. The third-order valence-corrected chi connectivity index (χ3v) is 3.75. The lowest BCUT2D eigenvalue weighted by Gasteiger charge is -2.19. The molecule has 2 atom stereocenters. The highest BCUT2D eigenvalue weighted by Crippen LogP contribution is 2.30. The highest BCUT2D eigenvalue weighted by Gasteiger charge is 2.36. The maximum Gasteiger partial charge on any atom is 0.267 e. The summed E-state index contributed by atoms with van der Waals surface area (Å²) < 4.78 is 0. The Balaban J connectivity index is 1.81. The molecule has 0 saturated carbocycles. The van der Waals surface area contributed by atoms with Gasteiger partial charge in [-0.1, -0.05) is 0 Å². The maximum absolute atomic E-state index is 11.1. The Morgan fingerprint density at radius 2 is 2.12 bits per heavy atom. The predicted octanol–water partition coefficient (Wildman–Crippen LogP) is -0.164. The van der Waals surface area contributed by atoms with E-state index in [1.165, 1.54) is 0 Å².